The maximum atomic E-state index is 6.08. The summed E-state index contributed by atoms with van der Waals surface area (Å²) >= 11 is 6.08. The summed E-state index contributed by atoms with van der Waals surface area (Å²) in [4.78, 5) is 6.60. The van der Waals surface area contributed by atoms with Crippen molar-refractivity contribution in [2.45, 2.75) is 32.4 Å². The fourth-order valence-electron chi connectivity index (χ4n) is 3.58. The predicted octanol–water partition coefficient (Wildman–Crippen LogP) is 4.31. The molecule has 1 aromatic carbocycles. The number of rotatable bonds is 7. The zero-order valence-electron chi connectivity index (χ0n) is 18.7. The van der Waals surface area contributed by atoms with Crippen molar-refractivity contribution in [2.24, 2.45) is 12.0 Å². The van der Waals surface area contributed by atoms with E-state index in [1.54, 1.807) is 13.2 Å². The van der Waals surface area contributed by atoms with E-state index >= 15 is 0 Å². The van der Waals surface area contributed by atoms with E-state index in [1.165, 1.54) is 5.56 Å². The molecule has 2 aromatic heterocycles. The van der Waals surface area contributed by atoms with Crippen molar-refractivity contribution in [1.29, 1.82) is 0 Å². The molecule has 9 heteroatoms. The van der Waals surface area contributed by atoms with Crippen LogP contribution in [0.2, 0.25) is 5.02 Å². The molecule has 2 heterocycles. The Morgan fingerprint density at radius 3 is 2.55 bits per heavy atom. The van der Waals surface area contributed by atoms with E-state index in [0.717, 1.165) is 28.8 Å². The lowest BCUT2D eigenvalue weighted by atomic mass is 10.1. The van der Waals surface area contributed by atoms with E-state index in [1.807, 2.05) is 60.0 Å². The Labute approximate surface area is 206 Å². The molecule has 0 aliphatic heterocycles. The van der Waals surface area contributed by atoms with Crippen LogP contribution < -0.4 is 5.32 Å². The summed E-state index contributed by atoms with van der Waals surface area (Å²) in [5, 5.41) is 13.3. The van der Waals surface area contributed by atoms with E-state index in [2.05, 4.69) is 45.5 Å². The van der Waals surface area contributed by atoms with E-state index in [4.69, 9.17) is 11.6 Å². The van der Waals surface area contributed by atoms with Crippen LogP contribution >= 0.6 is 35.6 Å². The van der Waals surface area contributed by atoms with Gasteiger partial charge in [-0.3, -0.25) is 14.4 Å². The Kier molecular flexibility index (Phi) is 9.36. The van der Waals surface area contributed by atoms with Crippen molar-refractivity contribution in [1.82, 2.24) is 29.8 Å². The van der Waals surface area contributed by atoms with Gasteiger partial charge in [-0.25, -0.2) is 0 Å². The van der Waals surface area contributed by atoms with Crippen molar-refractivity contribution in [3.63, 3.8) is 0 Å². The number of nitrogens with zero attached hydrogens (tertiary/aromatic N) is 6. The molecule has 0 saturated heterocycles. The number of hydrogen-bond acceptors (Lipinski definition) is 3. The number of guanidine groups is 1. The molecule has 0 aliphatic carbocycles. The number of hydrogen-bond donors (Lipinski definition) is 1. The summed E-state index contributed by atoms with van der Waals surface area (Å²) < 4.78 is 3.82. The lowest BCUT2D eigenvalue weighted by Gasteiger charge is -2.25. The van der Waals surface area contributed by atoms with E-state index < -0.39 is 0 Å². The summed E-state index contributed by atoms with van der Waals surface area (Å²) in [7, 11) is 5.80. The Morgan fingerprint density at radius 1 is 1.26 bits per heavy atom. The first-order chi connectivity index (χ1) is 14.4. The topological polar surface area (TPSA) is 63.3 Å². The summed E-state index contributed by atoms with van der Waals surface area (Å²) in [5.74, 6) is 1.19. The minimum absolute atomic E-state index is 0. The zero-order valence-corrected chi connectivity index (χ0v) is 21.7. The van der Waals surface area contributed by atoms with Crippen LogP contribution in [0.3, 0.4) is 0 Å². The molecule has 1 unspecified atom stereocenters. The molecule has 0 fully saturated rings. The maximum Gasteiger partial charge on any atom is 0.193 e. The van der Waals surface area contributed by atoms with Crippen molar-refractivity contribution in [3.8, 4) is 0 Å². The van der Waals surface area contributed by atoms with Gasteiger partial charge in [-0.1, -0.05) is 37.6 Å². The normalized spacial score (nSPS) is 12.5. The van der Waals surface area contributed by atoms with Gasteiger partial charge in [-0.05, 0) is 29.7 Å². The number of nitrogens with one attached hydrogen (secondary N) is 1. The standard InChI is InChI=1S/C22H30ClN7.HI/c1-16(2)21-18(15-29(5)27-21)14-28(4)22(24-3)25-13-20(30-12-6-11-26-30)17-7-9-19(23)10-8-17;/h6-12,15-16,20H,13-14H2,1-5H3,(H,24,25);1H. The first kappa shape index (κ1) is 25.2. The number of aryl methyl sites for hydroxylation is 1. The van der Waals surface area contributed by atoms with Crippen LogP contribution in [-0.2, 0) is 13.6 Å². The van der Waals surface area contributed by atoms with Crippen LogP contribution in [0.5, 0.6) is 0 Å². The smallest absolute Gasteiger partial charge is 0.193 e. The Morgan fingerprint density at radius 2 is 1.97 bits per heavy atom. The van der Waals surface area contributed by atoms with Gasteiger partial charge in [0, 0.05) is 63.4 Å². The van der Waals surface area contributed by atoms with Crippen LogP contribution in [0.15, 0.2) is 53.9 Å². The molecule has 0 radical (unpaired) electrons. The third kappa shape index (κ3) is 6.46. The highest BCUT2D eigenvalue weighted by Crippen LogP contribution is 2.20. The minimum Gasteiger partial charge on any atom is -0.354 e. The van der Waals surface area contributed by atoms with E-state index in [0.29, 0.717) is 12.5 Å². The van der Waals surface area contributed by atoms with Gasteiger partial charge in [0.05, 0.1) is 11.7 Å². The Balaban J connectivity index is 0.00000341. The van der Waals surface area contributed by atoms with Gasteiger partial charge in [-0.2, -0.15) is 10.2 Å². The lowest BCUT2D eigenvalue weighted by molar-refractivity contribution is 0.453. The molecule has 1 N–H and O–H groups in total. The molecule has 3 aromatic rings. The number of aliphatic imine (C=N–C) groups is 1. The third-order valence-electron chi connectivity index (χ3n) is 5.02. The van der Waals surface area contributed by atoms with Gasteiger partial charge in [0.15, 0.2) is 5.96 Å². The number of halogens is 2. The van der Waals surface area contributed by atoms with Gasteiger partial charge in [0.25, 0.3) is 0 Å². The van der Waals surface area contributed by atoms with Crippen LogP contribution in [0.25, 0.3) is 0 Å². The second-order valence-electron chi connectivity index (χ2n) is 7.71. The monoisotopic (exact) mass is 555 g/mol. The van der Waals surface area contributed by atoms with Crippen molar-refractivity contribution in [2.75, 3.05) is 20.6 Å². The van der Waals surface area contributed by atoms with Crippen LogP contribution in [0, 0.1) is 0 Å². The van der Waals surface area contributed by atoms with Crippen molar-refractivity contribution < 1.29 is 0 Å². The average molecular weight is 556 g/mol. The molecule has 0 amide bonds. The zero-order chi connectivity index (χ0) is 21.7. The number of benzene rings is 1. The second kappa shape index (κ2) is 11.5. The Bertz CT molecular complexity index is 964. The van der Waals surface area contributed by atoms with Crippen LogP contribution in [-0.4, -0.2) is 51.1 Å². The molecule has 3 rings (SSSR count). The van der Waals surface area contributed by atoms with Crippen LogP contribution in [0.4, 0.5) is 0 Å². The average Bonchev–Trinajstić information content (AvgIpc) is 3.36. The first-order valence-electron chi connectivity index (χ1n) is 10.1. The Hall–Kier alpha value is -2.07. The fraction of sp³-hybridized carbons (Fsp3) is 0.409. The SMILES string of the molecule is CN=C(NCC(c1ccc(Cl)cc1)n1cccn1)N(C)Cc1cn(C)nc1C(C)C.I. The summed E-state index contributed by atoms with van der Waals surface area (Å²) in [5.41, 5.74) is 3.46. The maximum absolute atomic E-state index is 6.08. The number of aromatic nitrogens is 4. The highest BCUT2D eigenvalue weighted by atomic mass is 127. The van der Waals surface area contributed by atoms with Gasteiger partial charge in [0.1, 0.15) is 0 Å². The van der Waals surface area contributed by atoms with Crippen molar-refractivity contribution in [3.05, 3.63) is 70.8 Å². The molecule has 31 heavy (non-hydrogen) atoms. The minimum atomic E-state index is 0. The molecule has 1 atom stereocenters. The van der Waals surface area contributed by atoms with Crippen LogP contribution in [0.1, 0.15) is 42.6 Å². The largest absolute Gasteiger partial charge is 0.354 e. The second-order valence-corrected chi connectivity index (χ2v) is 8.14. The summed E-state index contributed by atoms with van der Waals surface area (Å²) in [6.45, 7) is 5.71. The van der Waals surface area contributed by atoms with Crippen molar-refractivity contribution >= 4 is 41.5 Å². The summed E-state index contributed by atoms with van der Waals surface area (Å²) in [6.07, 6.45) is 5.84. The highest BCUT2D eigenvalue weighted by molar-refractivity contribution is 14.0. The molecule has 7 nitrogen and oxygen atoms in total. The van der Waals surface area contributed by atoms with Gasteiger partial charge in [0.2, 0.25) is 0 Å². The highest BCUT2D eigenvalue weighted by Gasteiger charge is 2.18. The molecular formula is C22H31ClIN7. The molecule has 0 spiro atoms. The molecule has 0 aliphatic rings. The first-order valence-corrected chi connectivity index (χ1v) is 10.5. The molecule has 0 saturated carbocycles. The molecule has 168 valence electrons. The predicted molar refractivity (Wildman–Crippen MR) is 137 cm³/mol. The lowest BCUT2D eigenvalue weighted by Crippen LogP contribution is -2.41. The quantitative estimate of drug-likeness (QED) is 0.268. The van der Waals surface area contributed by atoms with E-state index in [9.17, 15) is 0 Å². The van der Waals surface area contributed by atoms with Gasteiger partial charge in [-0.15, -0.1) is 24.0 Å². The molecular weight excluding hydrogens is 525 g/mol. The fourth-order valence-corrected chi connectivity index (χ4v) is 3.71. The molecule has 0 bridgehead atoms. The summed E-state index contributed by atoms with van der Waals surface area (Å²) in [6, 6.07) is 9.83. The van der Waals surface area contributed by atoms with E-state index in [-0.39, 0.29) is 30.0 Å². The van der Waals surface area contributed by atoms with Gasteiger partial charge < -0.3 is 10.2 Å². The third-order valence-corrected chi connectivity index (χ3v) is 5.27. The van der Waals surface area contributed by atoms with Gasteiger partial charge >= 0.3 is 0 Å².